The molecule has 1 aliphatic heterocycles. The second-order valence-electron chi connectivity index (χ2n) is 7.89. The van der Waals surface area contributed by atoms with E-state index >= 15 is 0 Å². The highest BCUT2D eigenvalue weighted by atomic mass is 16.2. The third-order valence-electron chi connectivity index (χ3n) is 4.66. The van der Waals surface area contributed by atoms with Crippen LogP contribution in [0.1, 0.15) is 33.6 Å². The van der Waals surface area contributed by atoms with E-state index in [0.717, 1.165) is 31.6 Å². The van der Waals surface area contributed by atoms with Gasteiger partial charge in [0.15, 0.2) is 0 Å². The molecule has 0 unspecified atom stereocenters. The zero-order chi connectivity index (χ0) is 18.4. The van der Waals surface area contributed by atoms with Gasteiger partial charge in [-0.05, 0) is 25.0 Å². The summed E-state index contributed by atoms with van der Waals surface area (Å²) in [6.07, 6.45) is 1.75. The minimum Gasteiger partial charge on any atom is -0.373 e. The van der Waals surface area contributed by atoms with Crippen LogP contribution >= 0.6 is 0 Å². The Morgan fingerprint density at radius 2 is 1.92 bits per heavy atom. The van der Waals surface area contributed by atoms with Crippen molar-refractivity contribution in [3.05, 3.63) is 30.3 Å². The maximum absolute atomic E-state index is 12.5. The second kappa shape index (κ2) is 8.37. The molecular weight excluding hydrogens is 314 g/mol. The molecule has 1 aromatic carbocycles. The van der Waals surface area contributed by atoms with Gasteiger partial charge in [-0.2, -0.15) is 0 Å². The zero-order valence-electron chi connectivity index (χ0n) is 15.9. The van der Waals surface area contributed by atoms with E-state index in [-0.39, 0.29) is 17.7 Å². The molecule has 5 heteroatoms. The fraction of sp³-hybridized carbons (Fsp3) is 0.600. The van der Waals surface area contributed by atoms with Crippen molar-refractivity contribution in [2.24, 2.45) is 11.3 Å². The Balaban J connectivity index is 1.79. The first kappa shape index (κ1) is 19.3. The Morgan fingerprint density at radius 1 is 1.24 bits per heavy atom. The minimum atomic E-state index is -0.392. The summed E-state index contributed by atoms with van der Waals surface area (Å²) in [6.45, 7) is 8.45. The molecule has 138 valence electrons. The predicted molar refractivity (Wildman–Crippen MR) is 101 cm³/mol. The van der Waals surface area contributed by atoms with E-state index in [2.05, 4.69) is 22.3 Å². The zero-order valence-corrected chi connectivity index (χ0v) is 15.9. The Morgan fingerprint density at radius 3 is 2.56 bits per heavy atom. The molecule has 0 spiro atoms. The molecule has 2 amide bonds. The highest BCUT2D eigenvalue weighted by Gasteiger charge is 2.33. The highest BCUT2D eigenvalue weighted by molar-refractivity contribution is 5.83. The number of carbonyl (C=O) groups is 2. The molecule has 0 aliphatic carbocycles. The van der Waals surface area contributed by atoms with Crippen LogP contribution in [0.4, 0.5) is 5.69 Å². The van der Waals surface area contributed by atoms with Crippen LogP contribution in [0.5, 0.6) is 0 Å². The van der Waals surface area contributed by atoms with Gasteiger partial charge in [0.2, 0.25) is 11.8 Å². The summed E-state index contributed by atoms with van der Waals surface area (Å²) in [4.78, 5) is 28.9. The third kappa shape index (κ3) is 5.48. The lowest BCUT2D eigenvalue weighted by Crippen LogP contribution is -2.49. The molecule has 5 nitrogen and oxygen atoms in total. The molecule has 2 rings (SSSR count). The predicted octanol–water partition coefficient (Wildman–Crippen LogP) is 2.52. The van der Waals surface area contributed by atoms with Crippen LogP contribution in [0.2, 0.25) is 0 Å². The summed E-state index contributed by atoms with van der Waals surface area (Å²) in [6, 6.07) is 10.1. The van der Waals surface area contributed by atoms with Crippen molar-refractivity contribution in [3.63, 3.8) is 0 Å². The number of anilines is 1. The first-order valence-electron chi connectivity index (χ1n) is 9.12. The Labute approximate surface area is 151 Å². The molecule has 1 aromatic rings. The molecule has 0 radical (unpaired) electrons. The number of likely N-dealkylation sites (N-methyl/N-ethyl adjacent to an activating group) is 1. The number of hydrogen-bond donors (Lipinski definition) is 1. The Bertz CT molecular complexity index is 580. The van der Waals surface area contributed by atoms with Crippen molar-refractivity contribution in [1.29, 1.82) is 0 Å². The van der Waals surface area contributed by atoms with Crippen LogP contribution in [-0.4, -0.2) is 49.9 Å². The maximum Gasteiger partial charge on any atom is 0.227 e. The highest BCUT2D eigenvalue weighted by Crippen LogP contribution is 2.23. The molecule has 0 bridgehead atoms. The van der Waals surface area contributed by atoms with Crippen LogP contribution in [0.25, 0.3) is 0 Å². The number of nitrogens with zero attached hydrogens (tertiary/aromatic N) is 2. The fourth-order valence-corrected chi connectivity index (χ4v) is 3.15. The molecular formula is C20H31N3O2. The van der Waals surface area contributed by atoms with Crippen molar-refractivity contribution >= 4 is 17.5 Å². The summed E-state index contributed by atoms with van der Waals surface area (Å²) in [7, 11) is 2.02. The van der Waals surface area contributed by atoms with Gasteiger partial charge in [0.05, 0.1) is 5.92 Å². The van der Waals surface area contributed by atoms with Gasteiger partial charge < -0.3 is 15.1 Å². The molecule has 1 atom stereocenters. The molecule has 1 saturated heterocycles. The van der Waals surface area contributed by atoms with E-state index in [0.29, 0.717) is 13.1 Å². The molecule has 1 fully saturated rings. The lowest BCUT2D eigenvalue weighted by Gasteiger charge is -2.36. The third-order valence-corrected chi connectivity index (χ3v) is 4.66. The Hall–Kier alpha value is -2.04. The number of likely N-dealkylation sites (tertiary alicyclic amines) is 1. The van der Waals surface area contributed by atoms with E-state index < -0.39 is 5.41 Å². The molecule has 1 heterocycles. The van der Waals surface area contributed by atoms with E-state index in [4.69, 9.17) is 0 Å². The van der Waals surface area contributed by atoms with Crippen molar-refractivity contribution in [2.75, 3.05) is 38.1 Å². The van der Waals surface area contributed by atoms with Crippen LogP contribution in [0, 0.1) is 11.3 Å². The monoisotopic (exact) mass is 345 g/mol. The maximum atomic E-state index is 12.5. The SMILES string of the molecule is CN(CCNC(=O)[C@@H]1CCCN(C(=O)C(C)(C)C)C1)c1ccccc1. The average molecular weight is 345 g/mol. The van der Waals surface area contributed by atoms with Gasteiger partial charge in [0, 0.05) is 44.3 Å². The van der Waals surface area contributed by atoms with E-state index in [9.17, 15) is 9.59 Å². The van der Waals surface area contributed by atoms with Gasteiger partial charge in [0.1, 0.15) is 0 Å². The fourth-order valence-electron chi connectivity index (χ4n) is 3.15. The average Bonchev–Trinajstić information content (AvgIpc) is 2.61. The van der Waals surface area contributed by atoms with Gasteiger partial charge in [-0.25, -0.2) is 0 Å². The number of piperidine rings is 1. The van der Waals surface area contributed by atoms with Gasteiger partial charge in [-0.15, -0.1) is 0 Å². The van der Waals surface area contributed by atoms with Gasteiger partial charge in [-0.1, -0.05) is 39.0 Å². The van der Waals surface area contributed by atoms with Crippen molar-refractivity contribution < 1.29 is 9.59 Å². The van der Waals surface area contributed by atoms with E-state index in [1.807, 2.05) is 50.9 Å². The summed E-state index contributed by atoms with van der Waals surface area (Å²) in [5.41, 5.74) is 0.743. The number of para-hydroxylation sites is 1. The number of hydrogen-bond acceptors (Lipinski definition) is 3. The van der Waals surface area contributed by atoms with Crippen LogP contribution in [-0.2, 0) is 9.59 Å². The smallest absolute Gasteiger partial charge is 0.227 e. The summed E-state index contributed by atoms with van der Waals surface area (Å²) >= 11 is 0. The number of benzene rings is 1. The summed E-state index contributed by atoms with van der Waals surface area (Å²) in [5, 5.41) is 3.03. The molecule has 0 aromatic heterocycles. The van der Waals surface area contributed by atoms with Crippen molar-refractivity contribution in [2.45, 2.75) is 33.6 Å². The molecule has 25 heavy (non-hydrogen) atoms. The van der Waals surface area contributed by atoms with Crippen LogP contribution in [0.3, 0.4) is 0 Å². The largest absolute Gasteiger partial charge is 0.373 e. The normalized spacial score (nSPS) is 17.9. The molecule has 1 aliphatic rings. The molecule has 1 N–H and O–H groups in total. The van der Waals surface area contributed by atoms with Gasteiger partial charge in [-0.3, -0.25) is 9.59 Å². The first-order chi connectivity index (χ1) is 11.8. The van der Waals surface area contributed by atoms with E-state index in [1.54, 1.807) is 0 Å². The quantitative estimate of drug-likeness (QED) is 0.892. The van der Waals surface area contributed by atoms with Gasteiger partial charge in [0.25, 0.3) is 0 Å². The van der Waals surface area contributed by atoms with Crippen LogP contribution < -0.4 is 10.2 Å². The van der Waals surface area contributed by atoms with Crippen molar-refractivity contribution in [1.82, 2.24) is 10.2 Å². The number of rotatable bonds is 5. The lowest BCUT2D eigenvalue weighted by atomic mass is 9.91. The minimum absolute atomic E-state index is 0.0628. The van der Waals surface area contributed by atoms with Crippen LogP contribution in [0.15, 0.2) is 30.3 Å². The Kier molecular flexibility index (Phi) is 6.45. The van der Waals surface area contributed by atoms with E-state index in [1.165, 1.54) is 0 Å². The topological polar surface area (TPSA) is 52.7 Å². The number of amides is 2. The standard InChI is InChI=1S/C20H31N3O2/c1-20(2,3)19(25)23-13-8-9-16(15-23)18(24)21-12-14-22(4)17-10-6-5-7-11-17/h5-7,10-11,16H,8-9,12-15H2,1-4H3,(H,21,24)/t16-/m1/s1. The molecule has 0 saturated carbocycles. The van der Waals surface area contributed by atoms with Gasteiger partial charge >= 0.3 is 0 Å². The summed E-state index contributed by atoms with van der Waals surface area (Å²) in [5.74, 6) is 0.101. The first-order valence-corrected chi connectivity index (χ1v) is 9.12. The number of nitrogens with one attached hydrogen (secondary N) is 1. The lowest BCUT2D eigenvalue weighted by molar-refractivity contribution is -0.142. The number of carbonyl (C=O) groups excluding carboxylic acids is 2. The van der Waals surface area contributed by atoms with Crippen molar-refractivity contribution in [3.8, 4) is 0 Å². The summed E-state index contributed by atoms with van der Waals surface area (Å²) < 4.78 is 0. The second-order valence-corrected chi connectivity index (χ2v) is 7.89.